The number of carboxylic acid groups (broad SMARTS) is 1. The van der Waals surface area contributed by atoms with Crippen LogP contribution in [0.1, 0.15) is 18.5 Å². The maximum Gasteiger partial charge on any atom is 0.325 e. The molecule has 0 aliphatic heterocycles. The number of aliphatic carboxylic acids is 1. The van der Waals surface area contributed by atoms with Crippen LogP contribution in [0.3, 0.4) is 0 Å². The quantitative estimate of drug-likeness (QED) is 0.805. The highest BCUT2D eigenvalue weighted by atomic mass is 32.2. The Kier molecular flexibility index (Phi) is 3.66. The average molecular weight is 243 g/mol. The van der Waals surface area contributed by atoms with Gasteiger partial charge in [0.05, 0.1) is 10.6 Å². The number of nitrogens with two attached hydrogens (primary N) is 1. The lowest BCUT2D eigenvalue weighted by Gasteiger charge is -2.07. The Bertz CT molecular complexity index is 478. The predicted molar refractivity (Wildman–Crippen MR) is 58.7 cm³/mol. The highest BCUT2D eigenvalue weighted by Crippen LogP contribution is 2.16. The molecular weight excluding hydrogens is 230 g/mol. The second-order valence-electron chi connectivity index (χ2n) is 3.29. The Morgan fingerprint density at radius 2 is 1.88 bits per heavy atom. The molecule has 1 aromatic rings. The minimum absolute atomic E-state index is 0.0112. The molecule has 0 aromatic heterocycles. The number of carboxylic acids is 1. The van der Waals surface area contributed by atoms with E-state index in [2.05, 4.69) is 0 Å². The maximum atomic E-state index is 11.5. The smallest absolute Gasteiger partial charge is 0.325 e. The first-order valence-corrected chi connectivity index (χ1v) is 6.35. The van der Waals surface area contributed by atoms with Gasteiger partial charge in [-0.3, -0.25) is 4.79 Å². The van der Waals surface area contributed by atoms with E-state index in [0.717, 1.165) is 0 Å². The van der Waals surface area contributed by atoms with Gasteiger partial charge in [0.2, 0.25) is 0 Å². The summed E-state index contributed by atoms with van der Waals surface area (Å²) in [5.74, 6) is -1.14. The van der Waals surface area contributed by atoms with Gasteiger partial charge in [0.1, 0.15) is 6.04 Å². The molecule has 0 saturated heterocycles. The third kappa shape index (κ3) is 2.59. The molecule has 0 heterocycles. The molecule has 0 spiro atoms. The van der Waals surface area contributed by atoms with Gasteiger partial charge in [-0.15, -0.1) is 0 Å². The zero-order valence-corrected chi connectivity index (χ0v) is 9.57. The molecule has 1 aromatic carbocycles. The van der Waals surface area contributed by atoms with Crippen molar-refractivity contribution in [1.82, 2.24) is 0 Å². The fraction of sp³-hybridized carbons (Fsp3) is 0.300. The Morgan fingerprint density at radius 3 is 2.25 bits per heavy atom. The van der Waals surface area contributed by atoms with Crippen LogP contribution in [0, 0.1) is 0 Å². The predicted octanol–water partition coefficient (Wildman–Crippen LogP) is 0.565. The Balaban J connectivity index is 3.05. The molecule has 0 aliphatic carbocycles. The molecule has 0 radical (unpaired) electrons. The molecule has 0 fully saturated rings. The number of rotatable bonds is 4. The highest BCUT2D eigenvalue weighted by Gasteiger charge is 2.16. The van der Waals surface area contributed by atoms with Crippen molar-refractivity contribution in [2.75, 3.05) is 5.75 Å². The van der Waals surface area contributed by atoms with Gasteiger partial charge in [-0.25, -0.2) is 8.42 Å². The molecule has 0 aliphatic rings. The number of sulfone groups is 1. The first-order valence-electron chi connectivity index (χ1n) is 4.69. The van der Waals surface area contributed by atoms with E-state index in [9.17, 15) is 13.2 Å². The topological polar surface area (TPSA) is 97.5 Å². The molecule has 5 nitrogen and oxygen atoms in total. The number of hydrogen-bond donors (Lipinski definition) is 2. The van der Waals surface area contributed by atoms with Crippen LogP contribution in [-0.4, -0.2) is 25.2 Å². The molecular formula is C10H13NO4S. The van der Waals surface area contributed by atoms with Gasteiger partial charge >= 0.3 is 5.97 Å². The summed E-state index contributed by atoms with van der Waals surface area (Å²) in [4.78, 5) is 10.8. The summed E-state index contributed by atoms with van der Waals surface area (Å²) in [6, 6.07) is 4.45. The third-order valence-corrected chi connectivity index (χ3v) is 3.99. The van der Waals surface area contributed by atoms with E-state index >= 15 is 0 Å². The van der Waals surface area contributed by atoms with E-state index in [1.165, 1.54) is 24.3 Å². The summed E-state index contributed by atoms with van der Waals surface area (Å²) in [5.41, 5.74) is 5.76. The Morgan fingerprint density at radius 1 is 1.38 bits per heavy atom. The summed E-state index contributed by atoms with van der Waals surface area (Å²) < 4.78 is 22.9. The van der Waals surface area contributed by atoms with E-state index in [1.807, 2.05) is 0 Å². The summed E-state index contributed by atoms with van der Waals surface area (Å²) in [7, 11) is -3.25. The standard InChI is InChI=1S/C10H13NO4S/c1-2-16(14,15)8-5-3-7(4-6-8)9(11)10(12)13/h3-6,9H,2,11H2,1H3,(H,12,13)/t9-/m1/s1. The summed E-state index contributed by atoms with van der Waals surface area (Å²) in [6.07, 6.45) is 0. The van der Waals surface area contributed by atoms with Crippen LogP contribution < -0.4 is 5.73 Å². The molecule has 1 atom stereocenters. The highest BCUT2D eigenvalue weighted by molar-refractivity contribution is 7.91. The molecule has 0 unspecified atom stereocenters. The first-order chi connectivity index (χ1) is 7.38. The summed E-state index contributed by atoms with van der Waals surface area (Å²) in [5, 5.41) is 8.67. The second kappa shape index (κ2) is 4.63. The third-order valence-electron chi connectivity index (χ3n) is 2.24. The van der Waals surface area contributed by atoms with Crippen molar-refractivity contribution in [2.24, 2.45) is 5.73 Å². The Hall–Kier alpha value is -1.40. The van der Waals surface area contributed by atoms with Gasteiger partial charge < -0.3 is 10.8 Å². The van der Waals surface area contributed by atoms with E-state index < -0.39 is 21.8 Å². The molecule has 6 heteroatoms. The van der Waals surface area contributed by atoms with Crippen LogP contribution in [0.5, 0.6) is 0 Å². The van der Waals surface area contributed by atoms with Crippen molar-refractivity contribution in [3.63, 3.8) is 0 Å². The molecule has 0 saturated carbocycles. The monoisotopic (exact) mass is 243 g/mol. The minimum atomic E-state index is -3.25. The van der Waals surface area contributed by atoms with Gasteiger partial charge in [-0.2, -0.15) is 0 Å². The lowest BCUT2D eigenvalue weighted by Crippen LogP contribution is -2.20. The molecule has 0 bridgehead atoms. The number of benzene rings is 1. The van der Waals surface area contributed by atoms with Crippen molar-refractivity contribution in [1.29, 1.82) is 0 Å². The van der Waals surface area contributed by atoms with Gasteiger partial charge in [-0.05, 0) is 17.7 Å². The van der Waals surface area contributed by atoms with Crippen molar-refractivity contribution in [2.45, 2.75) is 17.9 Å². The van der Waals surface area contributed by atoms with Crippen molar-refractivity contribution in [3.8, 4) is 0 Å². The van der Waals surface area contributed by atoms with Crippen LogP contribution >= 0.6 is 0 Å². The first kappa shape index (κ1) is 12.7. The number of carbonyl (C=O) groups is 1. The normalized spacial score (nSPS) is 13.4. The van der Waals surface area contributed by atoms with Crippen LogP contribution in [0.4, 0.5) is 0 Å². The lowest BCUT2D eigenvalue weighted by atomic mass is 10.1. The number of hydrogen-bond acceptors (Lipinski definition) is 4. The Labute approximate surface area is 93.8 Å². The summed E-state index contributed by atoms with van der Waals surface area (Å²) >= 11 is 0. The zero-order valence-electron chi connectivity index (χ0n) is 8.75. The molecule has 0 amide bonds. The van der Waals surface area contributed by atoms with Crippen LogP contribution in [-0.2, 0) is 14.6 Å². The minimum Gasteiger partial charge on any atom is -0.480 e. The van der Waals surface area contributed by atoms with E-state index in [-0.39, 0.29) is 10.6 Å². The lowest BCUT2D eigenvalue weighted by molar-refractivity contribution is -0.138. The van der Waals surface area contributed by atoms with Crippen LogP contribution in [0.2, 0.25) is 0 Å². The maximum absolute atomic E-state index is 11.5. The van der Waals surface area contributed by atoms with E-state index in [0.29, 0.717) is 5.56 Å². The SMILES string of the molecule is CCS(=O)(=O)c1ccc([C@@H](N)C(=O)O)cc1. The second-order valence-corrected chi connectivity index (χ2v) is 5.57. The molecule has 88 valence electrons. The van der Waals surface area contributed by atoms with Crippen molar-refractivity contribution < 1.29 is 18.3 Å². The molecule has 3 N–H and O–H groups in total. The van der Waals surface area contributed by atoms with Gasteiger partial charge in [0, 0.05) is 0 Å². The molecule has 16 heavy (non-hydrogen) atoms. The summed E-state index contributed by atoms with van der Waals surface area (Å²) in [6.45, 7) is 1.55. The van der Waals surface area contributed by atoms with Gasteiger partial charge in [0.15, 0.2) is 9.84 Å². The fourth-order valence-corrected chi connectivity index (χ4v) is 2.08. The van der Waals surface area contributed by atoms with E-state index in [4.69, 9.17) is 10.8 Å². The van der Waals surface area contributed by atoms with Crippen LogP contribution in [0.25, 0.3) is 0 Å². The largest absolute Gasteiger partial charge is 0.480 e. The van der Waals surface area contributed by atoms with Crippen molar-refractivity contribution in [3.05, 3.63) is 29.8 Å². The van der Waals surface area contributed by atoms with Gasteiger partial charge in [0.25, 0.3) is 0 Å². The average Bonchev–Trinajstić information content (AvgIpc) is 2.28. The fourth-order valence-electron chi connectivity index (χ4n) is 1.19. The van der Waals surface area contributed by atoms with E-state index in [1.54, 1.807) is 6.92 Å². The van der Waals surface area contributed by atoms with Gasteiger partial charge in [-0.1, -0.05) is 19.1 Å². The molecule has 1 rings (SSSR count). The zero-order chi connectivity index (χ0) is 12.3. The van der Waals surface area contributed by atoms with Crippen molar-refractivity contribution >= 4 is 15.8 Å². The van der Waals surface area contributed by atoms with Crippen LogP contribution in [0.15, 0.2) is 29.2 Å².